The molecule has 1 aliphatic rings. The van der Waals surface area contributed by atoms with Crippen LogP contribution in [0.25, 0.3) is 5.70 Å². The number of nitrogens with zero attached hydrogens (tertiary/aromatic N) is 2. The molecule has 3 aromatic rings. The number of allylic oxidation sites excluding steroid dienone is 1. The zero-order chi connectivity index (χ0) is 17.1. The summed E-state index contributed by atoms with van der Waals surface area (Å²) in [5, 5.41) is 6.60. The summed E-state index contributed by atoms with van der Waals surface area (Å²) in [7, 11) is 0. The Labute approximate surface area is 155 Å². The average molecular weight is 390 g/mol. The van der Waals surface area contributed by atoms with Gasteiger partial charge in [-0.25, -0.2) is 0 Å². The number of benzene rings is 3. The van der Waals surface area contributed by atoms with Crippen molar-refractivity contribution in [3.05, 3.63) is 107 Å². The van der Waals surface area contributed by atoms with Crippen LogP contribution in [0.1, 0.15) is 11.1 Å². The van der Waals surface area contributed by atoms with E-state index in [1.54, 1.807) is 0 Å². The summed E-state index contributed by atoms with van der Waals surface area (Å²) >= 11 is 3.53. The molecule has 4 rings (SSSR count). The van der Waals surface area contributed by atoms with E-state index in [4.69, 9.17) is 5.10 Å². The highest BCUT2D eigenvalue weighted by Gasteiger charge is 2.17. The Morgan fingerprint density at radius 1 is 0.760 bits per heavy atom. The van der Waals surface area contributed by atoms with Gasteiger partial charge in [-0.05, 0) is 29.8 Å². The number of hydrazine groups is 1. The Kier molecular flexibility index (Phi) is 4.36. The fourth-order valence-corrected chi connectivity index (χ4v) is 3.08. The molecule has 0 aliphatic carbocycles. The van der Waals surface area contributed by atoms with Crippen LogP contribution < -0.4 is 10.5 Å². The third-order valence-corrected chi connectivity index (χ3v) is 4.42. The topological polar surface area (TPSA) is 27.6 Å². The van der Waals surface area contributed by atoms with Gasteiger partial charge in [0, 0.05) is 10.0 Å². The van der Waals surface area contributed by atoms with E-state index >= 15 is 0 Å². The fourth-order valence-electron chi connectivity index (χ4n) is 2.69. The minimum atomic E-state index is 0.915. The van der Waals surface area contributed by atoms with E-state index in [1.807, 2.05) is 65.8 Å². The molecule has 0 atom stereocenters. The number of halogens is 1. The maximum absolute atomic E-state index is 4.78. The second-order valence-electron chi connectivity index (χ2n) is 5.68. The molecule has 3 nitrogen and oxygen atoms in total. The second kappa shape index (κ2) is 6.95. The van der Waals surface area contributed by atoms with Gasteiger partial charge in [0.25, 0.3) is 0 Å². The van der Waals surface area contributed by atoms with Crippen molar-refractivity contribution in [3.8, 4) is 0 Å². The maximum atomic E-state index is 4.78. The molecule has 0 bridgehead atoms. The van der Waals surface area contributed by atoms with Gasteiger partial charge in [0.1, 0.15) is 0 Å². The molecule has 25 heavy (non-hydrogen) atoms. The van der Waals surface area contributed by atoms with E-state index in [9.17, 15) is 0 Å². The molecule has 1 aliphatic heterocycles. The van der Waals surface area contributed by atoms with Crippen LogP contribution in [-0.4, -0.2) is 5.71 Å². The van der Waals surface area contributed by atoms with Gasteiger partial charge in [-0.3, -0.25) is 5.43 Å². The van der Waals surface area contributed by atoms with Gasteiger partial charge in [0.2, 0.25) is 0 Å². The average Bonchev–Trinajstić information content (AvgIpc) is 2.69. The van der Waals surface area contributed by atoms with Crippen molar-refractivity contribution >= 4 is 33.0 Å². The molecule has 0 fully saturated rings. The van der Waals surface area contributed by atoms with Gasteiger partial charge < -0.3 is 0 Å². The van der Waals surface area contributed by atoms with Crippen molar-refractivity contribution < 1.29 is 0 Å². The summed E-state index contributed by atoms with van der Waals surface area (Å²) < 4.78 is 1.01. The molecule has 3 aromatic carbocycles. The van der Waals surface area contributed by atoms with Crippen LogP contribution in [-0.2, 0) is 0 Å². The number of anilines is 1. The summed E-state index contributed by atoms with van der Waals surface area (Å²) in [5.41, 5.74) is 8.48. The van der Waals surface area contributed by atoms with Crippen LogP contribution in [0, 0.1) is 0 Å². The third kappa shape index (κ3) is 3.49. The fraction of sp³-hybridized carbons (Fsp3) is 0. The molecule has 0 unspecified atom stereocenters. The maximum Gasteiger partial charge on any atom is 0.0949 e. The van der Waals surface area contributed by atoms with Crippen molar-refractivity contribution in [2.45, 2.75) is 0 Å². The Morgan fingerprint density at radius 2 is 1.44 bits per heavy atom. The lowest BCUT2D eigenvalue weighted by molar-refractivity contribution is 0.787. The predicted octanol–water partition coefficient (Wildman–Crippen LogP) is 5.22. The Morgan fingerprint density at radius 3 is 2.12 bits per heavy atom. The first-order chi connectivity index (χ1) is 12.3. The summed E-state index contributed by atoms with van der Waals surface area (Å²) in [4.78, 5) is 0. The molecular weight excluding hydrogens is 374 g/mol. The largest absolute Gasteiger partial charge is 0.277 e. The third-order valence-electron chi connectivity index (χ3n) is 3.92. The quantitative estimate of drug-likeness (QED) is 0.664. The van der Waals surface area contributed by atoms with Crippen LogP contribution in [0.2, 0.25) is 0 Å². The number of hydrazone groups is 1. The van der Waals surface area contributed by atoms with Crippen molar-refractivity contribution in [3.63, 3.8) is 0 Å². The van der Waals surface area contributed by atoms with Gasteiger partial charge in [0.05, 0.1) is 17.1 Å². The predicted molar refractivity (Wildman–Crippen MR) is 107 cm³/mol. The van der Waals surface area contributed by atoms with E-state index in [0.717, 1.165) is 32.7 Å². The van der Waals surface area contributed by atoms with E-state index in [0.29, 0.717) is 0 Å². The summed E-state index contributed by atoms with van der Waals surface area (Å²) in [6.45, 7) is 0. The lowest BCUT2D eigenvalue weighted by Crippen LogP contribution is -2.36. The molecule has 1 heterocycles. The van der Waals surface area contributed by atoms with Gasteiger partial charge in [-0.2, -0.15) is 10.2 Å². The van der Waals surface area contributed by atoms with Crippen molar-refractivity contribution in [2.75, 3.05) is 5.12 Å². The SMILES string of the molecule is Brc1cccc(N2N=C(c3ccccc3)C=C(c3ccccc3)N2)c1. The zero-order valence-corrected chi connectivity index (χ0v) is 15.0. The lowest BCUT2D eigenvalue weighted by atomic mass is 10.1. The number of hydrogen-bond acceptors (Lipinski definition) is 3. The number of rotatable bonds is 3. The smallest absolute Gasteiger partial charge is 0.0949 e. The first kappa shape index (κ1) is 15.7. The summed E-state index contributed by atoms with van der Waals surface area (Å²) in [6, 6.07) is 28.5. The Balaban J connectivity index is 1.79. The number of nitrogens with one attached hydrogen (secondary N) is 1. The van der Waals surface area contributed by atoms with Crippen molar-refractivity contribution in [1.29, 1.82) is 0 Å². The van der Waals surface area contributed by atoms with Crippen molar-refractivity contribution in [2.24, 2.45) is 5.10 Å². The Bertz CT molecular complexity index is 934. The molecule has 122 valence electrons. The Hall–Kier alpha value is -2.85. The molecule has 0 radical (unpaired) electrons. The van der Waals surface area contributed by atoms with E-state index in [2.05, 4.69) is 51.7 Å². The van der Waals surface area contributed by atoms with Crippen LogP contribution in [0.4, 0.5) is 5.69 Å². The molecule has 0 amide bonds. The molecule has 1 N–H and O–H groups in total. The minimum Gasteiger partial charge on any atom is -0.277 e. The molecule has 0 saturated heterocycles. The van der Waals surface area contributed by atoms with Crippen LogP contribution in [0.15, 0.2) is 101 Å². The number of hydrogen-bond donors (Lipinski definition) is 1. The molecular formula is C21H16BrN3. The van der Waals surface area contributed by atoms with Gasteiger partial charge in [-0.15, -0.1) is 0 Å². The second-order valence-corrected chi connectivity index (χ2v) is 6.59. The minimum absolute atomic E-state index is 0.915. The summed E-state index contributed by atoms with van der Waals surface area (Å²) in [6.07, 6.45) is 2.08. The van der Waals surface area contributed by atoms with Crippen LogP contribution >= 0.6 is 15.9 Å². The highest BCUT2D eigenvalue weighted by atomic mass is 79.9. The zero-order valence-electron chi connectivity index (χ0n) is 13.4. The lowest BCUT2D eigenvalue weighted by Gasteiger charge is -2.28. The first-order valence-corrected chi connectivity index (χ1v) is 8.82. The first-order valence-electron chi connectivity index (χ1n) is 8.03. The van der Waals surface area contributed by atoms with E-state index < -0.39 is 0 Å². The molecule has 4 heteroatoms. The summed E-state index contributed by atoms with van der Waals surface area (Å²) in [5.74, 6) is 0. The van der Waals surface area contributed by atoms with E-state index in [1.165, 1.54) is 0 Å². The standard InChI is InChI=1S/C21H16BrN3/c22-18-12-7-13-19(14-18)25-23-20(16-8-3-1-4-9-16)15-21(24-25)17-10-5-2-6-11-17/h1-15,23H. The van der Waals surface area contributed by atoms with Gasteiger partial charge >= 0.3 is 0 Å². The van der Waals surface area contributed by atoms with E-state index in [-0.39, 0.29) is 0 Å². The highest BCUT2D eigenvalue weighted by Crippen LogP contribution is 2.24. The van der Waals surface area contributed by atoms with Crippen LogP contribution in [0.3, 0.4) is 0 Å². The van der Waals surface area contributed by atoms with Crippen LogP contribution in [0.5, 0.6) is 0 Å². The normalized spacial score (nSPS) is 13.7. The molecule has 0 aromatic heterocycles. The van der Waals surface area contributed by atoms with Crippen molar-refractivity contribution in [1.82, 2.24) is 5.43 Å². The molecule has 0 spiro atoms. The molecule has 0 saturated carbocycles. The monoisotopic (exact) mass is 389 g/mol. The van der Waals surface area contributed by atoms with Gasteiger partial charge in [0.15, 0.2) is 0 Å². The highest BCUT2D eigenvalue weighted by molar-refractivity contribution is 9.10. The van der Waals surface area contributed by atoms with Gasteiger partial charge in [-0.1, -0.05) is 82.7 Å².